The van der Waals surface area contributed by atoms with Gasteiger partial charge in [-0.15, -0.1) is 0 Å². The number of fused-ring (bicyclic) bond motifs is 1. The first-order valence-electron chi connectivity index (χ1n) is 9.51. The third-order valence-corrected chi connectivity index (χ3v) is 6.24. The molecule has 3 aliphatic rings. The number of ether oxygens (including phenoxy) is 1. The molecule has 0 aromatic carbocycles. The molecule has 142 valence electrons. The molecule has 6 nitrogen and oxygen atoms in total. The summed E-state index contributed by atoms with van der Waals surface area (Å²) in [5.41, 5.74) is -0.119. The predicted molar refractivity (Wildman–Crippen MR) is 99.5 cm³/mol. The summed E-state index contributed by atoms with van der Waals surface area (Å²) in [6.07, 6.45) is 1.45. The Balaban J connectivity index is 1.73. The molecule has 2 heterocycles. The van der Waals surface area contributed by atoms with E-state index in [0.717, 1.165) is 25.5 Å². The number of piperazine rings is 1. The molecule has 3 fully saturated rings. The summed E-state index contributed by atoms with van der Waals surface area (Å²) in [6, 6.07) is 0.557. The van der Waals surface area contributed by atoms with Crippen LogP contribution in [-0.2, 0) is 9.53 Å². The topological polar surface area (TPSA) is 57.2 Å². The minimum Gasteiger partial charge on any atom is -0.377 e. The Kier molecular flexibility index (Phi) is 4.55. The van der Waals surface area contributed by atoms with Crippen LogP contribution in [0.25, 0.3) is 0 Å². The van der Waals surface area contributed by atoms with Gasteiger partial charge in [-0.2, -0.15) is 0 Å². The number of aliphatic imine (C=N–C) groups is 1. The van der Waals surface area contributed by atoms with Crippen molar-refractivity contribution in [2.24, 2.45) is 16.3 Å². The van der Waals surface area contributed by atoms with Crippen LogP contribution in [0.1, 0.15) is 48.0 Å². The van der Waals surface area contributed by atoms with E-state index in [2.05, 4.69) is 56.8 Å². The van der Waals surface area contributed by atoms with Gasteiger partial charge in [-0.05, 0) is 34.1 Å². The maximum atomic E-state index is 12.7. The van der Waals surface area contributed by atoms with Gasteiger partial charge in [0.1, 0.15) is 0 Å². The van der Waals surface area contributed by atoms with E-state index in [9.17, 15) is 4.79 Å². The average Bonchev–Trinajstić information content (AvgIpc) is 2.92. The molecule has 3 atom stereocenters. The zero-order valence-corrected chi connectivity index (χ0v) is 16.8. The monoisotopic (exact) mass is 350 g/mol. The van der Waals surface area contributed by atoms with Crippen molar-refractivity contribution >= 4 is 11.9 Å². The molecular formula is C19H34N4O2. The molecule has 1 amide bonds. The van der Waals surface area contributed by atoms with Crippen LogP contribution in [0, 0.1) is 11.3 Å². The lowest BCUT2D eigenvalue weighted by Gasteiger charge is -2.56. The van der Waals surface area contributed by atoms with Gasteiger partial charge in [0.25, 0.3) is 0 Å². The molecule has 1 aliphatic carbocycles. The zero-order valence-electron chi connectivity index (χ0n) is 16.8. The van der Waals surface area contributed by atoms with E-state index in [1.165, 1.54) is 0 Å². The first kappa shape index (κ1) is 18.5. The normalized spacial score (nSPS) is 34.2. The molecular weight excluding hydrogens is 316 g/mol. The molecule has 6 heteroatoms. The summed E-state index contributed by atoms with van der Waals surface area (Å²) >= 11 is 0. The standard InChI is InChI=1S/C19H34N4O2/c1-12(2)23-14(24)10-22(11-18(23,3)4)17(20-7)21-15-13-8-9-25-16(13)19(15,5)6/h12-13,15-16H,8-11H2,1-7H3,(H,20,21). The van der Waals surface area contributed by atoms with E-state index >= 15 is 0 Å². The lowest BCUT2D eigenvalue weighted by molar-refractivity contribution is -0.145. The third kappa shape index (κ3) is 2.92. The number of nitrogens with zero attached hydrogens (tertiary/aromatic N) is 3. The molecule has 0 aromatic rings. The van der Waals surface area contributed by atoms with E-state index < -0.39 is 0 Å². The molecule has 0 spiro atoms. The van der Waals surface area contributed by atoms with E-state index in [1.54, 1.807) is 0 Å². The smallest absolute Gasteiger partial charge is 0.242 e. The van der Waals surface area contributed by atoms with Gasteiger partial charge in [0.2, 0.25) is 5.91 Å². The van der Waals surface area contributed by atoms with Crippen LogP contribution in [0.15, 0.2) is 4.99 Å². The van der Waals surface area contributed by atoms with Gasteiger partial charge in [-0.1, -0.05) is 13.8 Å². The molecule has 0 aromatic heterocycles. The lowest BCUT2D eigenvalue weighted by Crippen LogP contribution is -2.71. The van der Waals surface area contributed by atoms with Crippen LogP contribution in [0.3, 0.4) is 0 Å². The van der Waals surface area contributed by atoms with Crippen LogP contribution < -0.4 is 5.32 Å². The zero-order chi connectivity index (χ0) is 18.6. The first-order chi connectivity index (χ1) is 11.6. The molecule has 1 N–H and O–H groups in total. The minimum atomic E-state index is -0.213. The van der Waals surface area contributed by atoms with E-state index in [-0.39, 0.29) is 22.9 Å². The molecule has 2 aliphatic heterocycles. The number of carbonyl (C=O) groups is 1. The highest BCUT2D eigenvalue weighted by molar-refractivity contribution is 5.88. The Morgan fingerprint density at radius 3 is 2.56 bits per heavy atom. The van der Waals surface area contributed by atoms with Crippen molar-refractivity contribution in [2.75, 3.05) is 26.7 Å². The molecule has 0 bridgehead atoms. The summed E-state index contributed by atoms with van der Waals surface area (Å²) in [4.78, 5) is 21.4. The summed E-state index contributed by atoms with van der Waals surface area (Å²) in [7, 11) is 1.81. The Morgan fingerprint density at radius 1 is 1.32 bits per heavy atom. The number of carbonyl (C=O) groups excluding carboxylic acids is 1. The fourth-order valence-electron chi connectivity index (χ4n) is 5.37. The quantitative estimate of drug-likeness (QED) is 0.608. The molecule has 25 heavy (non-hydrogen) atoms. The van der Waals surface area contributed by atoms with Gasteiger partial charge in [-0.25, -0.2) is 0 Å². The number of guanidine groups is 1. The van der Waals surface area contributed by atoms with Crippen LogP contribution in [0.4, 0.5) is 0 Å². The fourth-order valence-corrected chi connectivity index (χ4v) is 5.37. The predicted octanol–water partition coefficient (Wildman–Crippen LogP) is 1.71. The number of rotatable bonds is 2. The second-order valence-corrected chi connectivity index (χ2v) is 9.26. The summed E-state index contributed by atoms with van der Waals surface area (Å²) < 4.78 is 5.89. The van der Waals surface area contributed by atoms with Crippen molar-refractivity contribution in [1.82, 2.24) is 15.1 Å². The van der Waals surface area contributed by atoms with Gasteiger partial charge in [0, 0.05) is 43.6 Å². The Morgan fingerprint density at radius 2 is 2.00 bits per heavy atom. The van der Waals surface area contributed by atoms with Crippen LogP contribution in [-0.4, -0.2) is 72.1 Å². The van der Waals surface area contributed by atoms with Crippen molar-refractivity contribution in [3.8, 4) is 0 Å². The SMILES string of the molecule is CN=C(NC1C2CCOC2C1(C)C)N1CC(=O)N(C(C)C)C(C)(C)C1. The van der Waals surface area contributed by atoms with Crippen LogP contribution in [0.2, 0.25) is 0 Å². The Bertz CT molecular complexity index is 570. The Hall–Kier alpha value is -1.30. The van der Waals surface area contributed by atoms with E-state index in [0.29, 0.717) is 24.6 Å². The van der Waals surface area contributed by atoms with Gasteiger partial charge in [-0.3, -0.25) is 9.79 Å². The van der Waals surface area contributed by atoms with Gasteiger partial charge >= 0.3 is 0 Å². The van der Waals surface area contributed by atoms with Gasteiger partial charge in [0.05, 0.1) is 18.2 Å². The van der Waals surface area contributed by atoms with Crippen molar-refractivity contribution in [1.29, 1.82) is 0 Å². The van der Waals surface area contributed by atoms with Crippen LogP contribution >= 0.6 is 0 Å². The van der Waals surface area contributed by atoms with E-state index in [4.69, 9.17) is 4.74 Å². The van der Waals surface area contributed by atoms with Gasteiger partial charge < -0.3 is 19.9 Å². The second kappa shape index (κ2) is 6.15. The van der Waals surface area contributed by atoms with Gasteiger partial charge in [0.15, 0.2) is 5.96 Å². The van der Waals surface area contributed by atoms with E-state index in [1.807, 2.05) is 11.9 Å². The summed E-state index contributed by atoms with van der Waals surface area (Å²) in [6.45, 7) is 15.0. The first-order valence-corrected chi connectivity index (χ1v) is 9.51. The molecule has 2 saturated heterocycles. The lowest BCUT2D eigenvalue weighted by atomic mass is 9.57. The minimum absolute atomic E-state index is 0.0936. The molecule has 3 rings (SSSR count). The number of amides is 1. The number of nitrogens with one attached hydrogen (secondary N) is 1. The number of hydrogen-bond acceptors (Lipinski definition) is 3. The van der Waals surface area contributed by atoms with Crippen molar-refractivity contribution < 1.29 is 9.53 Å². The molecule has 1 saturated carbocycles. The summed E-state index contributed by atoms with van der Waals surface area (Å²) in [5, 5.41) is 3.66. The highest BCUT2D eigenvalue weighted by atomic mass is 16.5. The van der Waals surface area contributed by atoms with Crippen molar-refractivity contribution in [2.45, 2.75) is 71.7 Å². The average molecular weight is 351 g/mol. The largest absolute Gasteiger partial charge is 0.377 e. The maximum absolute atomic E-state index is 12.7. The molecule has 0 radical (unpaired) electrons. The number of hydrogen-bond donors (Lipinski definition) is 1. The Labute approximate surface area is 152 Å². The second-order valence-electron chi connectivity index (χ2n) is 9.26. The third-order valence-electron chi connectivity index (χ3n) is 6.24. The van der Waals surface area contributed by atoms with Crippen molar-refractivity contribution in [3.63, 3.8) is 0 Å². The molecule has 3 unspecified atom stereocenters. The highest BCUT2D eigenvalue weighted by Gasteiger charge is 2.60. The highest BCUT2D eigenvalue weighted by Crippen LogP contribution is 2.52. The maximum Gasteiger partial charge on any atom is 0.242 e. The van der Waals surface area contributed by atoms with Crippen LogP contribution in [0.5, 0.6) is 0 Å². The fraction of sp³-hybridized carbons (Fsp3) is 0.895. The van der Waals surface area contributed by atoms with Crippen molar-refractivity contribution in [3.05, 3.63) is 0 Å². The summed E-state index contributed by atoms with van der Waals surface area (Å²) in [5.74, 6) is 1.56.